The van der Waals surface area contributed by atoms with Crippen molar-refractivity contribution in [3.05, 3.63) is 33.9 Å². The first-order valence-electron chi connectivity index (χ1n) is 6.22. The molecule has 102 valence electrons. The van der Waals surface area contributed by atoms with Crippen LogP contribution in [0.2, 0.25) is 0 Å². The van der Waals surface area contributed by atoms with E-state index in [9.17, 15) is 20.0 Å². The van der Waals surface area contributed by atoms with E-state index in [1.807, 2.05) is 0 Å². The van der Waals surface area contributed by atoms with E-state index < -0.39 is 10.9 Å². The molecule has 1 N–H and O–H groups in total. The van der Waals surface area contributed by atoms with Crippen LogP contribution in [0.1, 0.15) is 29.6 Å². The average Bonchev–Trinajstić information content (AvgIpc) is 2.32. The molecular formula is C13H16N2O4. The quantitative estimate of drug-likeness (QED) is 0.652. The molecule has 1 aliphatic rings. The fourth-order valence-electron chi connectivity index (χ4n) is 2.41. The molecule has 1 aliphatic carbocycles. The maximum absolute atomic E-state index is 11.2. The Morgan fingerprint density at radius 1 is 1.53 bits per heavy atom. The zero-order chi connectivity index (χ0) is 14.0. The van der Waals surface area contributed by atoms with Crippen molar-refractivity contribution >= 4 is 17.3 Å². The number of nitro groups is 1. The van der Waals surface area contributed by atoms with E-state index in [0.717, 1.165) is 12.8 Å². The lowest BCUT2D eigenvalue weighted by molar-refractivity contribution is -0.384. The van der Waals surface area contributed by atoms with Gasteiger partial charge in [-0.25, -0.2) is 4.79 Å². The summed E-state index contributed by atoms with van der Waals surface area (Å²) in [5, 5.41) is 20.2. The molecular weight excluding hydrogens is 248 g/mol. The van der Waals surface area contributed by atoms with Crippen LogP contribution < -0.4 is 4.90 Å². The lowest BCUT2D eigenvalue weighted by Gasteiger charge is -2.31. The lowest BCUT2D eigenvalue weighted by atomic mass is 9.85. The molecule has 0 spiro atoms. The first-order valence-corrected chi connectivity index (χ1v) is 6.22. The number of benzene rings is 1. The topological polar surface area (TPSA) is 83.7 Å². The van der Waals surface area contributed by atoms with Gasteiger partial charge in [0.05, 0.1) is 10.5 Å². The van der Waals surface area contributed by atoms with Crippen molar-refractivity contribution in [3.8, 4) is 0 Å². The summed E-state index contributed by atoms with van der Waals surface area (Å²) < 4.78 is 0. The van der Waals surface area contributed by atoms with E-state index in [4.69, 9.17) is 0 Å². The summed E-state index contributed by atoms with van der Waals surface area (Å²) in [5.41, 5.74) is 0.0321. The number of para-hydroxylation sites is 1. The third-order valence-corrected chi connectivity index (χ3v) is 3.58. The molecule has 1 aromatic carbocycles. The van der Waals surface area contributed by atoms with Crippen LogP contribution in [0.25, 0.3) is 0 Å². The predicted octanol–water partition coefficient (Wildman–Crippen LogP) is 2.53. The lowest BCUT2D eigenvalue weighted by Crippen LogP contribution is -2.30. The van der Waals surface area contributed by atoms with Crippen LogP contribution in [0, 0.1) is 16.0 Å². The summed E-state index contributed by atoms with van der Waals surface area (Å²) in [7, 11) is 1.72. The number of carbonyl (C=O) groups is 1. The molecule has 0 atom stereocenters. The second-order valence-corrected chi connectivity index (χ2v) is 4.91. The normalized spacial score (nSPS) is 14.8. The highest BCUT2D eigenvalue weighted by molar-refractivity contribution is 5.97. The maximum atomic E-state index is 11.2. The Labute approximate surface area is 110 Å². The smallest absolute Gasteiger partial charge is 0.338 e. The van der Waals surface area contributed by atoms with Crippen LogP contribution in [0.15, 0.2) is 18.2 Å². The van der Waals surface area contributed by atoms with Gasteiger partial charge in [0.15, 0.2) is 0 Å². The Balaban J connectivity index is 2.38. The van der Waals surface area contributed by atoms with E-state index in [2.05, 4.69) is 0 Å². The molecule has 0 heterocycles. The van der Waals surface area contributed by atoms with Gasteiger partial charge >= 0.3 is 5.97 Å². The molecule has 0 aromatic heterocycles. The van der Waals surface area contributed by atoms with Gasteiger partial charge in [0.25, 0.3) is 5.69 Å². The van der Waals surface area contributed by atoms with E-state index in [1.165, 1.54) is 24.6 Å². The number of nitro benzene ring substituents is 1. The van der Waals surface area contributed by atoms with E-state index in [1.54, 1.807) is 11.9 Å². The number of hydrogen-bond donors (Lipinski definition) is 1. The Kier molecular flexibility index (Phi) is 3.69. The van der Waals surface area contributed by atoms with Gasteiger partial charge in [0, 0.05) is 19.7 Å². The number of hydrogen-bond acceptors (Lipinski definition) is 4. The Hall–Kier alpha value is -2.11. The van der Waals surface area contributed by atoms with Crippen LogP contribution in [0.3, 0.4) is 0 Å². The van der Waals surface area contributed by atoms with Gasteiger partial charge in [0.1, 0.15) is 5.69 Å². The summed E-state index contributed by atoms with van der Waals surface area (Å²) in [4.78, 5) is 23.4. The van der Waals surface area contributed by atoms with Crippen LogP contribution >= 0.6 is 0 Å². The van der Waals surface area contributed by atoms with Gasteiger partial charge in [-0.05, 0) is 24.8 Å². The zero-order valence-corrected chi connectivity index (χ0v) is 10.7. The van der Waals surface area contributed by atoms with Gasteiger partial charge in [-0.15, -0.1) is 0 Å². The number of carboxylic acids is 1. The summed E-state index contributed by atoms with van der Waals surface area (Å²) in [6.45, 7) is 0.658. The molecule has 1 saturated carbocycles. The van der Waals surface area contributed by atoms with Crippen molar-refractivity contribution < 1.29 is 14.8 Å². The van der Waals surface area contributed by atoms with Gasteiger partial charge in [0.2, 0.25) is 0 Å². The second kappa shape index (κ2) is 5.26. The minimum atomic E-state index is -1.14. The average molecular weight is 264 g/mol. The monoisotopic (exact) mass is 264 g/mol. The highest BCUT2D eigenvalue weighted by Crippen LogP contribution is 2.34. The van der Waals surface area contributed by atoms with Crippen molar-refractivity contribution in [1.29, 1.82) is 0 Å². The number of carboxylic acid groups (broad SMARTS) is 1. The fraction of sp³-hybridized carbons (Fsp3) is 0.462. The van der Waals surface area contributed by atoms with Crippen LogP contribution in [-0.2, 0) is 0 Å². The van der Waals surface area contributed by atoms with Crippen molar-refractivity contribution in [2.45, 2.75) is 19.3 Å². The van der Waals surface area contributed by atoms with Gasteiger partial charge in [-0.3, -0.25) is 10.1 Å². The molecule has 19 heavy (non-hydrogen) atoms. The fourth-order valence-corrected chi connectivity index (χ4v) is 2.41. The third-order valence-electron chi connectivity index (χ3n) is 3.58. The minimum Gasteiger partial charge on any atom is -0.478 e. The van der Waals surface area contributed by atoms with Crippen LogP contribution in [0.5, 0.6) is 0 Å². The molecule has 2 rings (SSSR count). The zero-order valence-electron chi connectivity index (χ0n) is 10.7. The highest BCUT2D eigenvalue weighted by Gasteiger charge is 2.27. The molecule has 0 bridgehead atoms. The number of anilines is 1. The first kappa shape index (κ1) is 13.3. The summed E-state index contributed by atoms with van der Waals surface area (Å²) in [5.74, 6) is -0.634. The van der Waals surface area contributed by atoms with Crippen molar-refractivity contribution in [3.63, 3.8) is 0 Å². The molecule has 1 fully saturated rings. The molecule has 0 saturated heterocycles. The molecule has 0 amide bonds. The standard InChI is InChI=1S/C13H16N2O4/c1-14(8-9-4-2-5-9)12-10(13(16)17)6-3-7-11(12)15(18)19/h3,6-7,9H,2,4-5,8H2,1H3,(H,16,17). The van der Waals surface area contributed by atoms with Gasteiger partial charge in [-0.1, -0.05) is 12.5 Å². The maximum Gasteiger partial charge on any atom is 0.338 e. The summed E-state index contributed by atoms with van der Waals surface area (Å²) >= 11 is 0. The Bertz CT molecular complexity index is 479. The van der Waals surface area contributed by atoms with Crippen LogP contribution in [-0.4, -0.2) is 29.6 Å². The molecule has 0 radical (unpaired) electrons. The molecule has 0 aliphatic heterocycles. The Morgan fingerprint density at radius 3 is 2.68 bits per heavy atom. The largest absolute Gasteiger partial charge is 0.478 e. The van der Waals surface area contributed by atoms with Crippen molar-refractivity contribution in [1.82, 2.24) is 0 Å². The summed E-state index contributed by atoms with van der Waals surface area (Å²) in [6.07, 6.45) is 3.39. The minimum absolute atomic E-state index is 0.0176. The second-order valence-electron chi connectivity index (χ2n) is 4.91. The molecule has 0 unspecified atom stereocenters. The van der Waals surface area contributed by atoms with E-state index in [-0.39, 0.29) is 16.9 Å². The first-order chi connectivity index (χ1) is 9.00. The van der Waals surface area contributed by atoms with E-state index >= 15 is 0 Å². The van der Waals surface area contributed by atoms with Gasteiger partial charge < -0.3 is 10.0 Å². The number of nitrogens with zero attached hydrogens (tertiary/aromatic N) is 2. The molecule has 6 nitrogen and oxygen atoms in total. The molecule has 1 aromatic rings. The Morgan fingerprint density at radius 2 is 2.21 bits per heavy atom. The van der Waals surface area contributed by atoms with Crippen LogP contribution in [0.4, 0.5) is 11.4 Å². The third kappa shape index (κ3) is 2.67. The van der Waals surface area contributed by atoms with Crippen molar-refractivity contribution in [2.24, 2.45) is 5.92 Å². The number of aromatic carboxylic acids is 1. The van der Waals surface area contributed by atoms with Crippen molar-refractivity contribution in [2.75, 3.05) is 18.5 Å². The SMILES string of the molecule is CN(CC1CCC1)c1c(C(=O)O)cccc1[N+](=O)[O-]. The highest BCUT2D eigenvalue weighted by atomic mass is 16.6. The van der Waals surface area contributed by atoms with Gasteiger partial charge in [-0.2, -0.15) is 0 Å². The number of rotatable bonds is 5. The summed E-state index contributed by atoms with van der Waals surface area (Å²) in [6, 6.07) is 4.16. The molecule has 6 heteroatoms. The van der Waals surface area contributed by atoms with E-state index in [0.29, 0.717) is 12.5 Å². The predicted molar refractivity (Wildman–Crippen MR) is 70.7 cm³/mol.